The number of anilines is 1. The van der Waals surface area contributed by atoms with Gasteiger partial charge in [0.2, 0.25) is 0 Å². The maximum Gasteiger partial charge on any atom is 0.321 e. The number of carbonyl (C=O) groups excluding carboxylic acids is 1. The number of carbonyl (C=O) groups is 1. The molecular formula is C15H14Cl2N2O2. The van der Waals surface area contributed by atoms with Crippen molar-refractivity contribution in [1.82, 2.24) is 5.32 Å². The molecule has 0 aromatic heterocycles. The van der Waals surface area contributed by atoms with E-state index < -0.39 is 0 Å². The summed E-state index contributed by atoms with van der Waals surface area (Å²) in [5, 5.41) is 6.53. The molecule has 0 saturated carbocycles. The maximum absolute atomic E-state index is 11.8. The third-order valence-corrected chi connectivity index (χ3v) is 3.46. The minimum Gasteiger partial charge on any atom is -0.473 e. The van der Waals surface area contributed by atoms with Crippen molar-refractivity contribution in [3.05, 3.63) is 58.1 Å². The maximum atomic E-state index is 11.8. The Morgan fingerprint density at radius 1 is 1.14 bits per heavy atom. The van der Waals surface area contributed by atoms with Crippen LogP contribution in [-0.4, -0.2) is 12.8 Å². The Morgan fingerprint density at radius 2 is 1.86 bits per heavy atom. The van der Waals surface area contributed by atoms with Gasteiger partial charge >= 0.3 is 6.03 Å². The Hall–Kier alpha value is -1.91. The standard InChI is InChI=1S/C15H14Cl2N2O2/c1-10-13(17)3-2-4-14(10)19-15(20)18-9-21-12-7-5-11(16)6-8-12/h2-8H,9H2,1H3,(H2,18,19,20). The van der Waals surface area contributed by atoms with Gasteiger partial charge in [0, 0.05) is 15.7 Å². The molecule has 0 spiro atoms. The predicted molar refractivity (Wildman–Crippen MR) is 85.3 cm³/mol. The Bertz CT molecular complexity index is 630. The van der Waals surface area contributed by atoms with E-state index >= 15 is 0 Å². The molecule has 4 nitrogen and oxygen atoms in total. The molecule has 6 heteroatoms. The Morgan fingerprint density at radius 3 is 2.57 bits per heavy atom. The van der Waals surface area contributed by atoms with E-state index in [2.05, 4.69) is 10.6 Å². The molecule has 21 heavy (non-hydrogen) atoms. The van der Waals surface area contributed by atoms with Crippen molar-refractivity contribution in [2.75, 3.05) is 12.0 Å². The lowest BCUT2D eigenvalue weighted by atomic mass is 10.2. The smallest absolute Gasteiger partial charge is 0.321 e. The molecule has 0 radical (unpaired) electrons. The third kappa shape index (κ3) is 4.55. The number of amides is 2. The van der Waals surface area contributed by atoms with Crippen LogP contribution in [0.3, 0.4) is 0 Å². The second kappa shape index (κ2) is 7.20. The average Bonchev–Trinajstić information content (AvgIpc) is 2.46. The van der Waals surface area contributed by atoms with Gasteiger partial charge in [-0.15, -0.1) is 0 Å². The van der Waals surface area contributed by atoms with Gasteiger partial charge in [-0.1, -0.05) is 29.3 Å². The zero-order chi connectivity index (χ0) is 15.2. The van der Waals surface area contributed by atoms with Crippen LogP contribution in [0.2, 0.25) is 10.0 Å². The molecule has 0 bridgehead atoms. The fraction of sp³-hybridized carbons (Fsp3) is 0.133. The minimum absolute atomic E-state index is 0.0487. The molecule has 0 atom stereocenters. The lowest BCUT2D eigenvalue weighted by Crippen LogP contribution is -2.32. The van der Waals surface area contributed by atoms with Crippen LogP contribution < -0.4 is 15.4 Å². The Labute approximate surface area is 133 Å². The number of ether oxygens (including phenoxy) is 1. The molecule has 2 amide bonds. The number of hydrogen-bond donors (Lipinski definition) is 2. The second-order valence-corrected chi connectivity index (χ2v) is 5.13. The van der Waals surface area contributed by atoms with Gasteiger partial charge in [0.25, 0.3) is 0 Å². The SMILES string of the molecule is Cc1c(Cl)cccc1NC(=O)NCOc1ccc(Cl)cc1. The first-order valence-corrected chi connectivity index (χ1v) is 7.00. The highest BCUT2D eigenvalue weighted by Gasteiger charge is 2.06. The number of urea groups is 1. The summed E-state index contributed by atoms with van der Waals surface area (Å²) in [5.41, 5.74) is 1.47. The molecule has 2 aromatic carbocycles. The van der Waals surface area contributed by atoms with Crippen LogP contribution in [-0.2, 0) is 0 Å². The van der Waals surface area contributed by atoms with E-state index in [1.807, 2.05) is 6.92 Å². The number of hydrogen-bond acceptors (Lipinski definition) is 2. The summed E-state index contributed by atoms with van der Waals surface area (Å²) >= 11 is 11.8. The molecule has 0 aliphatic heterocycles. The van der Waals surface area contributed by atoms with Gasteiger partial charge < -0.3 is 15.4 Å². The van der Waals surface area contributed by atoms with Crippen molar-refractivity contribution >= 4 is 34.9 Å². The van der Waals surface area contributed by atoms with E-state index in [1.165, 1.54) is 0 Å². The summed E-state index contributed by atoms with van der Waals surface area (Å²) in [6.45, 7) is 1.88. The van der Waals surface area contributed by atoms with Crippen LogP contribution >= 0.6 is 23.2 Å². The highest BCUT2D eigenvalue weighted by Crippen LogP contribution is 2.22. The fourth-order valence-electron chi connectivity index (χ4n) is 1.63. The number of nitrogens with one attached hydrogen (secondary N) is 2. The lowest BCUT2D eigenvalue weighted by Gasteiger charge is -2.11. The summed E-state index contributed by atoms with van der Waals surface area (Å²) in [7, 11) is 0. The first-order valence-electron chi connectivity index (χ1n) is 6.24. The lowest BCUT2D eigenvalue weighted by molar-refractivity contribution is 0.234. The number of benzene rings is 2. The van der Waals surface area contributed by atoms with E-state index in [9.17, 15) is 4.79 Å². The van der Waals surface area contributed by atoms with Crippen molar-refractivity contribution in [1.29, 1.82) is 0 Å². The Kier molecular flexibility index (Phi) is 5.31. The highest BCUT2D eigenvalue weighted by atomic mass is 35.5. The minimum atomic E-state index is -0.366. The molecule has 0 aliphatic carbocycles. The van der Waals surface area contributed by atoms with Gasteiger partial charge in [-0.05, 0) is 48.9 Å². The zero-order valence-corrected chi connectivity index (χ0v) is 12.8. The first kappa shape index (κ1) is 15.5. The van der Waals surface area contributed by atoms with Gasteiger partial charge in [0.1, 0.15) is 5.75 Å². The van der Waals surface area contributed by atoms with E-state index in [1.54, 1.807) is 42.5 Å². The van der Waals surface area contributed by atoms with Crippen molar-refractivity contribution < 1.29 is 9.53 Å². The molecule has 0 fully saturated rings. The van der Waals surface area contributed by atoms with Gasteiger partial charge in [0.05, 0.1) is 0 Å². The normalized spacial score (nSPS) is 10.0. The fourth-order valence-corrected chi connectivity index (χ4v) is 1.93. The van der Waals surface area contributed by atoms with Crippen molar-refractivity contribution in [2.45, 2.75) is 6.92 Å². The predicted octanol–water partition coefficient (Wildman–Crippen LogP) is 4.46. The van der Waals surface area contributed by atoms with Crippen LogP contribution in [0, 0.1) is 6.92 Å². The summed E-state index contributed by atoms with van der Waals surface area (Å²) in [6.07, 6.45) is 0. The van der Waals surface area contributed by atoms with E-state index in [-0.39, 0.29) is 12.8 Å². The van der Waals surface area contributed by atoms with Crippen molar-refractivity contribution in [3.63, 3.8) is 0 Å². The topological polar surface area (TPSA) is 50.4 Å². The van der Waals surface area contributed by atoms with Gasteiger partial charge in [-0.3, -0.25) is 0 Å². The van der Waals surface area contributed by atoms with Gasteiger partial charge in [-0.2, -0.15) is 0 Å². The summed E-state index contributed by atoms with van der Waals surface area (Å²) in [5.74, 6) is 0.624. The molecule has 0 aliphatic rings. The van der Waals surface area contributed by atoms with Crippen LogP contribution in [0.5, 0.6) is 5.75 Å². The molecule has 2 aromatic rings. The summed E-state index contributed by atoms with van der Waals surface area (Å²) in [6, 6.07) is 11.8. The van der Waals surface area contributed by atoms with Crippen LogP contribution in [0.25, 0.3) is 0 Å². The number of halogens is 2. The number of rotatable bonds is 4. The van der Waals surface area contributed by atoms with E-state index in [0.717, 1.165) is 5.56 Å². The summed E-state index contributed by atoms with van der Waals surface area (Å²) < 4.78 is 5.37. The molecule has 110 valence electrons. The van der Waals surface area contributed by atoms with Crippen LogP contribution in [0.4, 0.5) is 10.5 Å². The molecule has 2 rings (SSSR count). The molecule has 2 N–H and O–H groups in total. The van der Waals surface area contributed by atoms with E-state index in [0.29, 0.717) is 21.5 Å². The molecule has 0 saturated heterocycles. The van der Waals surface area contributed by atoms with Crippen molar-refractivity contribution in [3.8, 4) is 5.75 Å². The molecular weight excluding hydrogens is 311 g/mol. The summed E-state index contributed by atoms with van der Waals surface area (Å²) in [4.78, 5) is 11.8. The Balaban J connectivity index is 1.82. The van der Waals surface area contributed by atoms with Crippen LogP contribution in [0.15, 0.2) is 42.5 Å². The molecule has 0 unspecified atom stereocenters. The van der Waals surface area contributed by atoms with Gasteiger partial charge in [0.15, 0.2) is 6.73 Å². The van der Waals surface area contributed by atoms with Crippen molar-refractivity contribution in [2.24, 2.45) is 0 Å². The molecule has 0 heterocycles. The largest absolute Gasteiger partial charge is 0.473 e. The zero-order valence-electron chi connectivity index (χ0n) is 11.3. The van der Waals surface area contributed by atoms with E-state index in [4.69, 9.17) is 27.9 Å². The third-order valence-electron chi connectivity index (χ3n) is 2.80. The average molecular weight is 325 g/mol. The first-order chi connectivity index (χ1) is 10.1. The van der Waals surface area contributed by atoms with Gasteiger partial charge in [-0.25, -0.2) is 4.79 Å². The van der Waals surface area contributed by atoms with Crippen LogP contribution in [0.1, 0.15) is 5.56 Å². The quantitative estimate of drug-likeness (QED) is 0.816. The monoisotopic (exact) mass is 324 g/mol. The highest BCUT2D eigenvalue weighted by molar-refractivity contribution is 6.31. The second-order valence-electron chi connectivity index (χ2n) is 4.29.